The quantitative estimate of drug-likeness (QED) is 0.444. The number of anilines is 1. The third-order valence-corrected chi connectivity index (χ3v) is 8.45. The number of rotatable bonds is 5. The molecule has 0 spiro atoms. The summed E-state index contributed by atoms with van der Waals surface area (Å²) < 4.78 is 6.75. The van der Waals surface area contributed by atoms with Gasteiger partial charge in [-0.15, -0.1) is 11.3 Å². The summed E-state index contributed by atoms with van der Waals surface area (Å²) in [4.78, 5) is 30.0. The normalized spacial score (nSPS) is 19.3. The number of hydrogen-bond acceptors (Lipinski definition) is 8. The summed E-state index contributed by atoms with van der Waals surface area (Å²) in [5, 5.41) is 8.30. The number of aromatic amines is 1. The van der Waals surface area contributed by atoms with E-state index >= 15 is 0 Å². The summed E-state index contributed by atoms with van der Waals surface area (Å²) in [6.07, 6.45) is 4.01. The number of H-pyrrole nitrogens is 1. The SMILES string of the molecule is CC(=O)N(C)C1CCCN(Cc2cc3nc(-c4cccc5[nH]ncc45)nc(N4CCOCC4)c3s2)C1. The van der Waals surface area contributed by atoms with E-state index in [0.717, 1.165) is 83.9 Å². The Morgan fingerprint density at radius 2 is 2.11 bits per heavy atom. The molecule has 0 aliphatic carbocycles. The van der Waals surface area contributed by atoms with Crippen molar-refractivity contribution in [2.75, 3.05) is 51.3 Å². The highest BCUT2D eigenvalue weighted by Crippen LogP contribution is 2.36. The molecule has 2 fully saturated rings. The summed E-state index contributed by atoms with van der Waals surface area (Å²) in [6.45, 7) is 7.51. The van der Waals surface area contributed by atoms with Gasteiger partial charge in [0.15, 0.2) is 11.6 Å². The van der Waals surface area contributed by atoms with Crippen molar-refractivity contribution in [3.8, 4) is 11.4 Å². The molecule has 1 atom stereocenters. The molecule has 5 heterocycles. The number of nitrogens with zero attached hydrogens (tertiary/aromatic N) is 6. The van der Waals surface area contributed by atoms with Gasteiger partial charge in [0.05, 0.1) is 35.1 Å². The van der Waals surface area contributed by atoms with E-state index in [1.807, 2.05) is 30.3 Å². The van der Waals surface area contributed by atoms with Gasteiger partial charge in [0.2, 0.25) is 5.91 Å². The highest BCUT2D eigenvalue weighted by atomic mass is 32.1. The second-order valence-corrected chi connectivity index (χ2v) is 10.8. The van der Waals surface area contributed by atoms with Crippen LogP contribution in [0.5, 0.6) is 0 Å². The lowest BCUT2D eigenvalue weighted by Gasteiger charge is -2.37. The molecule has 0 bridgehead atoms. The molecule has 1 amide bonds. The van der Waals surface area contributed by atoms with E-state index in [2.05, 4.69) is 32.1 Å². The topological polar surface area (TPSA) is 90.5 Å². The predicted octanol–water partition coefficient (Wildman–Crippen LogP) is 3.51. The minimum Gasteiger partial charge on any atom is -0.378 e. The number of fused-ring (bicyclic) bond motifs is 2. The number of thiophene rings is 1. The van der Waals surface area contributed by atoms with Crippen LogP contribution in [0, 0.1) is 0 Å². The zero-order chi connectivity index (χ0) is 24.6. The zero-order valence-corrected chi connectivity index (χ0v) is 21.6. The van der Waals surface area contributed by atoms with E-state index < -0.39 is 0 Å². The number of ether oxygens (including phenoxy) is 1. The number of likely N-dealkylation sites (N-methyl/N-ethyl adjacent to an activating group) is 1. The predicted molar refractivity (Wildman–Crippen MR) is 142 cm³/mol. The third kappa shape index (κ3) is 4.44. The number of nitrogens with one attached hydrogen (secondary N) is 1. The maximum absolute atomic E-state index is 11.9. The van der Waals surface area contributed by atoms with Gasteiger partial charge in [-0.1, -0.05) is 12.1 Å². The number of likely N-dealkylation sites (tertiary alicyclic amines) is 1. The van der Waals surface area contributed by atoms with Crippen molar-refractivity contribution in [1.29, 1.82) is 0 Å². The van der Waals surface area contributed by atoms with Crippen LogP contribution in [0.2, 0.25) is 0 Å². The van der Waals surface area contributed by atoms with Crippen LogP contribution in [0.25, 0.3) is 32.5 Å². The Morgan fingerprint density at radius 1 is 1.25 bits per heavy atom. The van der Waals surface area contributed by atoms with E-state index in [9.17, 15) is 4.79 Å². The first-order chi connectivity index (χ1) is 17.6. The van der Waals surface area contributed by atoms with Crippen molar-refractivity contribution >= 4 is 44.2 Å². The monoisotopic (exact) mass is 505 g/mol. The number of amides is 1. The highest BCUT2D eigenvalue weighted by molar-refractivity contribution is 7.19. The van der Waals surface area contributed by atoms with Gasteiger partial charge in [-0.3, -0.25) is 14.8 Å². The molecule has 4 aromatic rings. The number of morpholine rings is 1. The molecule has 6 rings (SSSR count). The summed E-state index contributed by atoms with van der Waals surface area (Å²) >= 11 is 1.79. The van der Waals surface area contributed by atoms with Crippen molar-refractivity contribution in [2.24, 2.45) is 0 Å². The van der Waals surface area contributed by atoms with Crippen LogP contribution in [-0.4, -0.2) is 88.4 Å². The fraction of sp³-hybridized carbons (Fsp3) is 0.462. The van der Waals surface area contributed by atoms with Gasteiger partial charge in [-0.05, 0) is 31.5 Å². The van der Waals surface area contributed by atoms with Crippen molar-refractivity contribution in [1.82, 2.24) is 30.0 Å². The molecule has 0 radical (unpaired) electrons. The molecule has 0 saturated carbocycles. The standard InChI is InChI=1S/C26H31N7O2S/c1-17(34)31(2)18-5-4-8-32(15-18)16-19-13-23-24(36-19)26(33-9-11-35-12-10-33)29-25(28-23)20-6-3-7-22-21(20)14-27-30-22/h3,6-7,13-14,18H,4-5,8-12,15-16H2,1-2H3,(H,27,30). The first-order valence-corrected chi connectivity index (χ1v) is 13.4. The Morgan fingerprint density at radius 3 is 2.94 bits per heavy atom. The van der Waals surface area contributed by atoms with Gasteiger partial charge in [-0.2, -0.15) is 5.10 Å². The van der Waals surface area contributed by atoms with Crippen molar-refractivity contribution in [3.05, 3.63) is 35.3 Å². The number of hydrogen-bond donors (Lipinski definition) is 1. The van der Waals surface area contributed by atoms with Crippen LogP contribution in [0.15, 0.2) is 30.5 Å². The maximum Gasteiger partial charge on any atom is 0.219 e. The van der Waals surface area contributed by atoms with E-state index in [0.29, 0.717) is 13.2 Å². The van der Waals surface area contributed by atoms with Crippen LogP contribution < -0.4 is 4.90 Å². The van der Waals surface area contributed by atoms with Crippen LogP contribution in [-0.2, 0) is 16.1 Å². The van der Waals surface area contributed by atoms with E-state index in [4.69, 9.17) is 14.7 Å². The molecule has 1 unspecified atom stereocenters. The highest BCUT2D eigenvalue weighted by Gasteiger charge is 2.26. The smallest absolute Gasteiger partial charge is 0.219 e. The van der Waals surface area contributed by atoms with Crippen LogP contribution in [0.4, 0.5) is 5.82 Å². The molecule has 36 heavy (non-hydrogen) atoms. The molecule has 1 aromatic carbocycles. The van der Waals surface area contributed by atoms with Gasteiger partial charge in [0.25, 0.3) is 0 Å². The number of benzene rings is 1. The van der Waals surface area contributed by atoms with Gasteiger partial charge < -0.3 is 14.5 Å². The second kappa shape index (κ2) is 9.76. The average Bonchev–Trinajstić information content (AvgIpc) is 3.54. The third-order valence-electron chi connectivity index (χ3n) is 7.35. The molecule has 10 heteroatoms. The summed E-state index contributed by atoms with van der Waals surface area (Å²) in [7, 11) is 1.92. The molecule has 188 valence electrons. The number of aromatic nitrogens is 4. The van der Waals surface area contributed by atoms with Crippen molar-refractivity contribution < 1.29 is 9.53 Å². The van der Waals surface area contributed by atoms with Crippen LogP contribution in [0.3, 0.4) is 0 Å². The molecule has 2 saturated heterocycles. The Hall–Kier alpha value is -3.08. The molecule has 9 nitrogen and oxygen atoms in total. The molecule has 3 aromatic heterocycles. The lowest BCUT2D eigenvalue weighted by Crippen LogP contribution is -2.47. The lowest BCUT2D eigenvalue weighted by atomic mass is 10.0. The summed E-state index contributed by atoms with van der Waals surface area (Å²) in [5.41, 5.74) is 2.94. The molecular weight excluding hydrogens is 474 g/mol. The van der Waals surface area contributed by atoms with Gasteiger partial charge in [0.1, 0.15) is 0 Å². The van der Waals surface area contributed by atoms with Crippen LogP contribution >= 0.6 is 11.3 Å². The van der Waals surface area contributed by atoms with Crippen molar-refractivity contribution in [2.45, 2.75) is 32.4 Å². The number of carbonyl (C=O) groups is 1. The largest absolute Gasteiger partial charge is 0.378 e. The van der Waals surface area contributed by atoms with E-state index in [-0.39, 0.29) is 11.9 Å². The van der Waals surface area contributed by atoms with Gasteiger partial charge >= 0.3 is 0 Å². The Kier molecular flexibility index (Phi) is 6.32. The zero-order valence-electron chi connectivity index (χ0n) is 20.7. The summed E-state index contributed by atoms with van der Waals surface area (Å²) in [5.74, 6) is 1.85. The first kappa shape index (κ1) is 23.3. The fourth-order valence-electron chi connectivity index (χ4n) is 5.28. The Labute approximate surface area is 214 Å². The average molecular weight is 506 g/mol. The van der Waals surface area contributed by atoms with Gasteiger partial charge in [-0.25, -0.2) is 9.97 Å². The van der Waals surface area contributed by atoms with E-state index in [1.54, 1.807) is 18.3 Å². The Balaban J connectivity index is 1.36. The van der Waals surface area contributed by atoms with Crippen molar-refractivity contribution in [3.63, 3.8) is 0 Å². The minimum atomic E-state index is 0.134. The number of carbonyl (C=O) groups excluding carboxylic acids is 1. The molecule has 2 aliphatic heterocycles. The molecular formula is C26H31N7O2S. The van der Waals surface area contributed by atoms with Crippen LogP contribution in [0.1, 0.15) is 24.6 Å². The minimum absolute atomic E-state index is 0.134. The summed E-state index contributed by atoms with van der Waals surface area (Å²) in [6, 6.07) is 8.60. The molecule has 2 aliphatic rings. The van der Waals surface area contributed by atoms with E-state index in [1.165, 1.54) is 4.88 Å². The first-order valence-electron chi connectivity index (χ1n) is 12.6. The second-order valence-electron chi connectivity index (χ2n) is 9.70. The van der Waals surface area contributed by atoms with Gasteiger partial charge in [0, 0.05) is 62.0 Å². The fourth-order valence-corrected chi connectivity index (χ4v) is 6.44. The maximum atomic E-state index is 11.9. The lowest BCUT2D eigenvalue weighted by molar-refractivity contribution is -0.130. The number of piperidine rings is 1. The molecule has 1 N–H and O–H groups in total. The Bertz CT molecular complexity index is 1390.